The lowest BCUT2D eigenvalue weighted by Crippen LogP contribution is -2.41. The molecule has 0 amide bonds. The van der Waals surface area contributed by atoms with Crippen LogP contribution in [0.1, 0.15) is 27.2 Å². The minimum absolute atomic E-state index is 0.151. The largest absolute Gasteiger partial charge is 0.547 e. The van der Waals surface area contributed by atoms with Crippen molar-refractivity contribution in [3.05, 3.63) is 24.0 Å². The van der Waals surface area contributed by atoms with E-state index in [0.717, 1.165) is 12.2 Å². The summed E-state index contributed by atoms with van der Waals surface area (Å²) in [5.41, 5.74) is 0. The second kappa shape index (κ2) is 3.74. The molecular weight excluding hydrogens is 216 g/mol. The summed E-state index contributed by atoms with van der Waals surface area (Å²) in [6, 6.07) is 0. The highest BCUT2D eigenvalue weighted by Gasteiger charge is 2.40. The summed E-state index contributed by atoms with van der Waals surface area (Å²) in [5, 5.41) is 0.263. The van der Waals surface area contributed by atoms with Crippen LogP contribution in [0.4, 0.5) is 0 Å². The first-order valence-corrected chi connectivity index (χ1v) is 8.92. The molecule has 16 heavy (non-hydrogen) atoms. The standard InChI is InChI=1S/C13H22O2Si/c1-13(2,3)16(4,5)15-12-8-10-6-7-11(9-12)14-10/h6-8,10-11H,9H2,1-5H3/t10-,11+/m0/s1. The van der Waals surface area contributed by atoms with E-state index in [2.05, 4.69) is 52.1 Å². The molecule has 2 bridgehead atoms. The number of hydrogen-bond donors (Lipinski definition) is 0. The smallest absolute Gasteiger partial charge is 0.250 e. The molecule has 3 heteroatoms. The van der Waals surface area contributed by atoms with Crippen LogP contribution >= 0.6 is 0 Å². The monoisotopic (exact) mass is 238 g/mol. The van der Waals surface area contributed by atoms with Gasteiger partial charge in [0.15, 0.2) is 0 Å². The molecular formula is C13H22O2Si. The van der Waals surface area contributed by atoms with Crippen molar-refractivity contribution in [2.45, 2.75) is 57.5 Å². The molecule has 2 nitrogen and oxygen atoms in total. The molecule has 0 N–H and O–H groups in total. The van der Waals surface area contributed by atoms with Gasteiger partial charge in [0.25, 0.3) is 0 Å². The van der Waals surface area contributed by atoms with Crippen LogP contribution in [0.15, 0.2) is 24.0 Å². The highest BCUT2D eigenvalue weighted by molar-refractivity contribution is 6.74. The van der Waals surface area contributed by atoms with Crippen LogP contribution in [0.3, 0.4) is 0 Å². The van der Waals surface area contributed by atoms with E-state index in [1.54, 1.807) is 0 Å². The van der Waals surface area contributed by atoms with Gasteiger partial charge in [0.05, 0.1) is 18.0 Å². The Morgan fingerprint density at radius 2 is 2.00 bits per heavy atom. The summed E-state index contributed by atoms with van der Waals surface area (Å²) >= 11 is 0. The molecule has 0 saturated heterocycles. The van der Waals surface area contributed by atoms with Crippen LogP contribution in [0.5, 0.6) is 0 Å². The highest BCUT2D eigenvalue weighted by Crippen LogP contribution is 2.39. The zero-order valence-electron chi connectivity index (χ0n) is 10.9. The lowest BCUT2D eigenvalue weighted by molar-refractivity contribution is 0.0638. The summed E-state index contributed by atoms with van der Waals surface area (Å²) in [4.78, 5) is 0. The first-order chi connectivity index (χ1) is 7.28. The molecule has 90 valence electrons. The molecule has 2 heterocycles. The van der Waals surface area contributed by atoms with E-state index in [1.807, 2.05) is 0 Å². The maximum atomic E-state index is 6.30. The lowest BCUT2D eigenvalue weighted by atomic mass is 10.2. The third-order valence-corrected chi connectivity index (χ3v) is 8.18. The molecule has 2 atom stereocenters. The summed E-state index contributed by atoms with van der Waals surface area (Å²) in [6.45, 7) is 11.4. The van der Waals surface area contributed by atoms with Crippen molar-refractivity contribution in [2.75, 3.05) is 0 Å². The van der Waals surface area contributed by atoms with E-state index >= 15 is 0 Å². The summed E-state index contributed by atoms with van der Waals surface area (Å²) in [6.07, 6.45) is 7.68. The predicted molar refractivity (Wildman–Crippen MR) is 68.8 cm³/mol. The normalized spacial score (nSPS) is 29.2. The topological polar surface area (TPSA) is 18.5 Å². The Hall–Kier alpha value is -0.543. The Bertz CT molecular complexity index is 336. The number of fused-ring (bicyclic) bond motifs is 2. The molecule has 2 rings (SSSR count). The fourth-order valence-corrected chi connectivity index (χ4v) is 2.86. The van der Waals surface area contributed by atoms with Crippen molar-refractivity contribution in [1.29, 1.82) is 0 Å². The van der Waals surface area contributed by atoms with E-state index in [1.165, 1.54) is 0 Å². The van der Waals surface area contributed by atoms with Gasteiger partial charge in [-0.15, -0.1) is 0 Å². The second-order valence-corrected chi connectivity index (χ2v) is 10.9. The molecule has 2 aliphatic rings. The zero-order valence-corrected chi connectivity index (χ0v) is 11.9. The van der Waals surface area contributed by atoms with E-state index in [-0.39, 0.29) is 17.2 Å². The quantitative estimate of drug-likeness (QED) is 0.540. The van der Waals surface area contributed by atoms with Gasteiger partial charge < -0.3 is 9.16 Å². The fourth-order valence-electron chi connectivity index (χ4n) is 1.74. The van der Waals surface area contributed by atoms with Crippen molar-refractivity contribution < 1.29 is 9.16 Å². The first-order valence-electron chi connectivity index (χ1n) is 6.01. The molecule has 0 aromatic rings. The van der Waals surface area contributed by atoms with Crippen LogP contribution in [-0.4, -0.2) is 20.5 Å². The van der Waals surface area contributed by atoms with Gasteiger partial charge in [0.1, 0.15) is 0 Å². The van der Waals surface area contributed by atoms with Crippen molar-refractivity contribution in [3.8, 4) is 0 Å². The Morgan fingerprint density at radius 3 is 2.56 bits per heavy atom. The van der Waals surface area contributed by atoms with Gasteiger partial charge in [-0.05, 0) is 24.2 Å². The summed E-state index contributed by atoms with van der Waals surface area (Å²) in [7, 11) is -1.68. The van der Waals surface area contributed by atoms with Crippen LogP contribution in [0.25, 0.3) is 0 Å². The van der Waals surface area contributed by atoms with Crippen molar-refractivity contribution in [1.82, 2.24) is 0 Å². The Morgan fingerprint density at radius 1 is 1.31 bits per heavy atom. The predicted octanol–water partition coefficient (Wildman–Crippen LogP) is 3.62. The molecule has 0 aromatic heterocycles. The van der Waals surface area contributed by atoms with E-state index in [4.69, 9.17) is 9.16 Å². The van der Waals surface area contributed by atoms with Crippen LogP contribution in [-0.2, 0) is 9.16 Å². The van der Waals surface area contributed by atoms with E-state index < -0.39 is 8.32 Å². The molecule has 0 unspecified atom stereocenters. The highest BCUT2D eigenvalue weighted by atomic mass is 28.4. The van der Waals surface area contributed by atoms with Gasteiger partial charge in [0.2, 0.25) is 8.32 Å². The molecule has 0 aromatic carbocycles. The molecule has 0 aliphatic carbocycles. The summed E-state index contributed by atoms with van der Waals surface area (Å²) < 4.78 is 12.0. The third kappa shape index (κ3) is 2.25. The minimum Gasteiger partial charge on any atom is -0.547 e. The Balaban J connectivity index is 2.07. The van der Waals surface area contributed by atoms with Crippen molar-refractivity contribution in [2.24, 2.45) is 0 Å². The third-order valence-electron chi connectivity index (χ3n) is 3.79. The van der Waals surface area contributed by atoms with Gasteiger partial charge in [-0.1, -0.05) is 32.9 Å². The molecule has 0 radical (unpaired) electrons. The Kier molecular flexibility index (Phi) is 2.79. The summed E-state index contributed by atoms with van der Waals surface area (Å²) in [5.74, 6) is 1.14. The maximum Gasteiger partial charge on any atom is 0.250 e. The Labute approximate surface area is 99.5 Å². The van der Waals surface area contributed by atoms with Gasteiger partial charge in [-0.25, -0.2) is 0 Å². The zero-order chi connectivity index (χ0) is 12.0. The lowest BCUT2D eigenvalue weighted by Gasteiger charge is -2.38. The molecule has 0 saturated carbocycles. The molecule has 0 fully saturated rings. The van der Waals surface area contributed by atoms with Gasteiger partial charge in [-0.2, -0.15) is 0 Å². The van der Waals surface area contributed by atoms with E-state index in [0.29, 0.717) is 0 Å². The fraction of sp³-hybridized carbons (Fsp3) is 0.692. The number of rotatable bonds is 2. The maximum absolute atomic E-state index is 6.30. The minimum atomic E-state index is -1.68. The first kappa shape index (κ1) is 11.9. The van der Waals surface area contributed by atoms with Gasteiger partial charge in [0, 0.05) is 6.42 Å². The van der Waals surface area contributed by atoms with Crippen molar-refractivity contribution in [3.63, 3.8) is 0 Å². The molecule has 2 aliphatic heterocycles. The van der Waals surface area contributed by atoms with Crippen LogP contribution in [0.2, 0.25) is 18.1 Å². The molecule has 0 spiro atoms. The van der Waals surface area contributed by atoms with Crippen LogP contribution < -0.4 is 0 Å². The average Bonchev–Trinajstić information content (AvgIpc) is 2.43. The van der Waals surface area contributed by atoms with Gasteiger partial charge >= 0.3 is 0 Å². The second-order valence-electron chi connectivity index (χ2n) is 6.22. The van der Waals surface area contributed by atoms with Gasteiger partial charge in [-0.3, -0.25) is 0 Å². The van der Waals surface area contributed by atoms with E-state index in [9.17, 15) is 0 Å². The van der Waals surface area contributed by atoms with Crippen molar-refractivity contribution >= 4 is 8.32 Å². The average molecular weight is 238 g/mol. The number of hydrogen-bond acceptors (Lipinski definition) is 2. The SMILES string of the molecule is CC(C)(C)[Si](C)(C)OC1=C[C@@H]2C=C[C@H](C1)O2. The number of ether oxygens (including phenoxy) is 1. The van der Waals surface area contributed by atoms with Crippen LogP contribution in [0, 0.1) is 0 Å².